The fourth-order valence-corrected chi connectivity index (χ4v) is 2.44. The number of methoxy groups -OCH3 is 2. The lowest BCUT2D eigenvalue weighted by molar-refractivity contribution is -0.138. The molecule has 126 valence electrons. The molecule has 0 bridgehead atoms. The first-order chi connectivity index (χ1) is 11.1. The summed E-state index contributed by atoms with van der Waals surface area (Å²) in [6, 6.07) is 4.75. The molecule has 1 fully saturated rings. The number of carbonyl (C=O) groups is 2. The summed E-state index contributed by atoms with van der Waals surface area (Å²) in [6.07, 6.45) is 0.165. The molecule has 1 aliphatic heterocycles. The number of carbonyl (C=O) groups excluding carboxylic acids is 2. The van der Waals surface area contributed by atoms with Gasteiger partial charge >= 0.3 is 0 Å². The number of anilines is 1. The van der Waals surface area contributed by atoms with Gasteiger partial charge in [-0.2, -0.15) is 0 Å². The Morgan fingerprint density at radius 2 is 2.00 bits per heavy atom. The molecule has 1 heterocycles. The van der Waals surface area contributed by atoms with E-state index in [-0.39, 0.29) is 18.2 Å². The molecular weight excluding hydrogens is 300 g/mol. The van der Waals surface area contributed by atoms with Crippen LogP contribution in [0.4, 0.5) is 5.69 Å². The normalized spacial score (nSPS) is 17.5. The van der Waals surface area contributed by atoms with Crippen molar-refractivity contribution in [1.29, 1.82) is 0 Å². The molecule has 0 aromatic heterocycles. The van der Waals surface area contributed by atoms with E-state index in [0.717, 1.165) is 0 Å². The maximum Gasteiger partial charge on any atom is 0.252 e. The predicted octanol–water partition coefficient (Wildman–Crippen LogP) is 1.28. The number of likely N-dealkylation sites (tertiary alicyclic amines) is 1. The van der Waals surface area contributed by atoms with Crippen LogP contribution in [0.25, 0.3) is 0 Å². The summed E-state index contributed by atoms with van der Waals surface area (Å²) in [5.74, 6) is 0.796. The molecule has 0 spiro atoms. The molecule has 1 saturated heterocycles. The molecule has 0 unspecified atom stereocenters. The van der Waals surface area contributed by atoms with E-state index in [9.17, 15) is 9.59 Å². The number of likely N-dealkylation sites (N-methyl/N-ethyl adjacent to an activating group) is 1. The van der Waals surface area contributed by atoms with E-state index in [1.54, 1.807) is 39.3 Å². The van der Waals surface area contributed by atoms with E-state index in [4.69, 9.17) is 14.2 Å². The highest BCUT2D eigenvalue weighted by Crippen LogP contribution is 2.31. The number of benzene rings is 1. The minimum absolute atomic E-state index is 0.153. The molecule has 0 radical (unpaired) electrons. The number of nitrogens with one attached hydrogen (secondary N) is 1. The monoisotopic (exact) mass is 322 g/mol. The van der Waals surface area contributed by atoms with Gasteiger partial charge in [-0.1, -0.05) is 0 Å². The van der Waals surface area contributed by atoms with E-state index < -0.39 is 6.04 Å². The molecule has 1 atom stereocenters. The van der Waals surface area contributed by atoms with Crippen LogP contribution in [-0.4, -0.2) is 56.7 Å². The average molecular weight is 322 g/mol. The third-order valence-corrected chi connectivity index (χ3v) is 3.61. The molecule has 1 aromatic rings. The zero-order valence-electron chi connectivity index (χ0n) is 13.6. The van der Waals surface area contributed by atoms with Crippen LogP contribution in [-0.2, 0) is 14.3 Å². The third-order valence-electron chi connectivity index (χ3n) is 3.61. The van der Waals surface area contributed by atoms with Gasteiger partial charge < -0.3 is 19.5 Å². The van der Waals surface area contributed by atoms with Crippen molar-refractivity contribution in [3.05, 3.63) is 18.2 Å². The first-order valence-corrected chi connectivity index (χ1v) is 7.51. The van der Waals surface area contributed by atoms with Gasteiger partial charge in [0.2, 0.25) is 5.91 Å². The number of nitrogens with zero attached hydrogens (tertiary/aromatic N) is 1. The summed E-state index contributed by atoms with van der Waals surface area (Å²) in [4.78, 5) is 25.2. The fourth-order valence-electron chi connectivity index (χ4n) is 2.44. The maximum atomic E-state index is 12.1. The summed E-state index contributed by atoms with van der Waals surface area (Å²) < 4.78 is 15.8. The van der Waals surface area contributed by atoms with Gasteiger partial charge in [0.25, 0.3) is 5.91 Å². The molecule has 0 aliphatic carbocycles. The van der Waals surface area contributed by atoms with Crippen molar-refractivity contribution < 1.29 is 23.8 Å². The van der Waals surface area contributed by atoms with Gasteiger partial charge in [0.1, 0.15) is 12.6 Å². The Labute approximate surface area is 135 Å². The second-order valence-electron chi connectivity index (χ2n) is 5.08. The highest BCUT2D eigenvalue weighted by atomic mass is 16.5. The Morgan fingerprint density at radius 3 is 2.61 bits per heavy atom. The van der Waals surface area contributed by atoms with E-state index in [2.05, 4.69) is 5.32 Å². The number of amides is 2. The minimum Gasteiger partial charge on any atom is -0.493 e. The molecule has 0 saturated carbocycles. The zero-order valence-corrected chi connectivity index (χ0v) is 13.6. The van der Waals surface area contributed by atoms with Gasteiger partial charge in [-0.15, -0.1) is 0 Å². The first kappa shape index (κ1) is 17.1. The first-order valence-electron chi connectivity index (χ1n) is 7.51. The van der Waals surface area contributed by atoms with Gasteiger partial charge in [0.05, 0.1) is 20.1 Å². The SMILES string of the molecule is CCN1C(=O)C[C@H](Nc2ccc(OC)c(OCCOC)c2)C1=O. The Kier molecular flexibility index (Phi) is 5.81. The van der Waals surface area contributed by atoms with Crippen molar-refractivity contribution >= 4 is 17.5 Å². The summed E-state index contributed by atoms with van der Waals surface area (Å²) >= 11 is 0. The van der Waals surface area contributed by atoms with Crippen molar-refractivity contribution in [3.63, 3.8) is 0 Å². The van der Waals surface area contributed by atoms with Gasteiger partial charge in [-0.3, -0.25) is 14.5 Å². The number of ether oxygens (including phenoxy) is 3. The molecule has 2 rings (SSSR count). The lowest BCUT2D eigenvalue weighted by atomic mass is 10.2. The summed E-state index contributed by atoms with van der Waals surface area (Å²) in [5, 5.41) is 3.09. The fraction of sp³-hybridized carbons (Fsp3) is 0.500. The molecule has 1 N–H and O–H groups in total. The van der Waals surface area contributed by atoms with Gasteiger partial charge in [0.15, 0.2) is 11.5 Å². The highest BCUT2D eigenvalue weighted by Gasteiger charge is 2.37. The van der Waals surface area contributed by atoms with Crippen LogP contribution in [0.2, 0.25) is 0 Å². The van der Waals surface area contributed by atoms with Crippen LogP contribution >= 0.6 is 0 Å². The van der Waals surface area contributed by atoms with Crippen molar-refractivity contribution in [2.45, 2.75) is 19.4 Å². The average Bonchev–Trinajstić information content (AvgIpc) is 2.81. The van der Waals surface area contributed by atoms with Crippen molar-refractivity contribution in [3.8, 4) is 11.5 Å². The van der Waals surface area contributed by atoms with Crippen molar-refractivity contribution in [2.24, 2.45) is 0 Å². The van der Waals surface area contributed by atoms with Crippen LogP contribution in [0.3, 0.4) is 0 Å². The van der Waals surface area contributed by atoms with Crippen LogP contribution in [0, 0.1) is 0 Å². The number of imide groups is 1. The molecule has 7 heteroatoms. The van der Waals surface area contributed by atoms with E-state index in [0.29, 0.717) is 36.9 Å². The lowest BCUT2D eigenvalue weighted by Crippen LogP contribution is -2.34. The second kappa shape index (κ2) is 7.82. The summed E-state index contributed by atoms with van der Waals surface area (Å²) in [7, 11) is 3.16. The predicted molar refractivity (Wildman–Crippen MR) is 84.8 cm³/mol. The van der Waals surface area contributed by atoms with Crippen molar-refractivity contribution in [2.75, 3.05) is 39.3 Å². The topological polar surface area (TPSA) is 77.1 Å². The molecule has 2 amide bonds. The second-order valence-corrected chi connectivity index (χ2v) is 5.08. The quantitative estimate of drug-likeness (QED) is 0.574. The van der Waals surface area contributed by atoms with Gasteiger partial charge in [-0.25, -0.2) is 0 Å². The van der Waals surface area contributed by atoms with Crippen molar-refractivity contribution in [1.82, 2.24) is 4.90 Å². The van der Waals surface area contributed by atoms with E-state index in [1.807, 2.05) is 0 Å². The maximum absolute atomic E-state index is 12.1. The summed E-state index contributed by atoms with van der Waals surface area (Å²) in [5.41, 5.74) is 0.697. The van der Waals surface area contributed by atoms with E-state index >= 15 is 0 Å². The van der Waals surface area contributed by atoms with Crippen LogP contribution < -0.4 is 14.8 Å². The Hall–Kier alpha value is -2.28. The Bertz CT molecular complexity index is 576. The number of hydrogen-bond acceptors (Lipinski definition) is 6. The van der Waals surface area contributed by atoms with Crippen LogP contribution in [0.5, 0.6) is 11.5 Å². The van der Waals surface area contributed by atoms with Crippen LogP contribution in [0.15, 0.2) is 18.2 Å². The third kappa shape index (κ3) is 3.92. The smallest absolute Gasteiger partial charge is 0.252 e. The number of hydrogen-bond donors (Lipinski definition) is 1. The van der Waals surface area contributed by atoms with Gasteiger partial charge in [-0.05, 0) is 19.1 Å². The molecule has 23 heavy (non-hydrogen) atoms. The zero-order chi connectivity index (χ0) is 16.8. The lowest BCUT2D eigenvalue weighted by Gasteiger charge is -2.16. The Morgan fingerprint density at radius 1 is 1.22 bits per heavy atom. The largest absolute Gasteiger partial charge is 0.493 e. The molecule has 1 aromatic carbocycles. The number of rotatable bonds is 8. The molecule has 1 aliphatic rings. The van der Waals surface area contributed by atoms with Gasteiger partial charge in [0, 0.05) is 25.4 Å². The summed E-state index contributed by atoms with van der Waals surface area (Å²) in [6.45, 7) is 3.03. The Balaban J connectivity index is 2.09. The van der Waals surface area contributed by atoms with Crippen LogP contribution in [0.1, 0.15) is 13.3 Å². The minimum atomic E-state index is -0.539. The standard InChI is InChI=1S/C16H22N2O5/c1-4-18-15(19)10-12(16(18)20)17-11-5-6-13(22-3)14(9-11)23-8-7-21-2/h5-6,9,12,17H,4,7-8,10H2,1-3H3/t12-/m0/s1. The molecular formula is C16H22N2O5. The molecule has 7 nitrogen and oxygen atoms in total. The highest BCUT2D eigenvalue weighted by molar-refractivity contribution is 6.06. The van der Waals surface area contributed by atoms with E-state index in [1.165, 1.54) is 4.90 Å².